The number of rotatable bonds is 6. The second-order valence-corrected chi connectivity index (χ2v) is 6.70. The summed E-state index contributed by atoms with van der Waals surface area (Å²) in [6.45, 7) is 1.97. The number of imidazole rings is 1. The van der Waals surface area contributed by atoms with Gasteiger partial charge in [0, 0.05) is 23.6 Å². The molecule has 1 atom stereocenters. The molecule has 0 aliphatic carbocycles. The summed E-state index contributed by atoms with van der Waals surface area (Å²) in [7, 11) is 0. The molecule has 0 spiro atoms. The Morgan fingerprint density at radius 1 is 0.931 bits per heavy atom. The van der Waals surface area contributed by atoms with Gasteiger partial charge in [-0.1, -0.05) is 30.3 Å². The van der Waals surface area contributed by atoms with E-state index in [2.05, 4.69) is 10.3 Å². The molecule has 1 N–H and O–H groups in total. The van der Waals surface area contributed by atoms with E-state index in [0.29, 0.717) is 11.3 Å². The molecule has 1 amide bonds. The van der Waals surface area contributed by atoms with Gasteiger partial charge in [0.2, 0.25) is 0 Å². The highest BCUT2D eigenvalue weighted by Gasteiger charge is 2.12. The zero-order chi connectivity index (χ0) is 20.1. The molecule has 0 aliphatic heterocycles. The van der Waals surface area contributed by atoms with E-state index < -0.39 is 0 Å². The van der Waals surface area contributed by atoms with E-state index in [1.165, 1.54) is 0 Å². The molecule has 1 heterocycles. The highest BCUT2D eigenvalue weighted by atomic mass is 16.5. The molecule has 0 unspecified atom stereocenters. The van der Waals surface area contributed by atoms with Crippen LogP contribution in [-0.2, 0) is 0 Å². The topological polar surface area (TPSA) is 56.1 Å². The smallest absolute Gasteiger partial charge is 0.251 e. The Morgan fingerprint density at radius 2 is 1.62 bits per heavy atom. The number of carbonyl (C=O) groups is 1. The molecule has 0 aliphatic rings. The lowest BCUT2D eigenvalue weighted by atomic mass is 10.1. The lowest BCUT2D eigenvalue weighted by Crippen LogP contribution is -2.26. The predicted molar refractivity (Wildman–Crippen MR) is 112 cm³/mol. The van der Waals surface area contributed by atoms with Crippen LogP contribution in [0.15, 0.2) is 97.6 Å². The predicted octanol–water partition coefficient (Wildman–Crippen LogP) is 5.16. The Balaban J connectivity index is 1.38. The Kier molecular flexibility index (Phi) is 5.38. The average Bonchev–Trinajstić information content (AvgIpc) is 3.30. The molecule has 5 heteroatoms. The normalized spacial score (nSPS) is 11.6. The van der Waals surface area contributed by atoms with Crippen LogP contribution >= 0.6 is 0 Å². The first-order chi connectivity index (χ1) is 14.2. The van der Waals surface area contributed by atoms with Crippen LogP contribution < -0.4 is 10.1 Å². The highest BCUT2D eigenvalue weighted by molar-refractivity contribution is 5.94. The van der Waals surface area contributed by atoms with Crippen molar-refractivity contribution in [2.75, 3.05) is 0 Å². The Hall–Kier alpha value is -3.86. The molecule has 4 rings (SSSR count). The van der Waals surface area contributed by atoms with Crippen LogP contribution in [0.3, 0.4) is 0 Å². The van der Waals surface area contributed by atoms with Gasteiger partial charge in [-0.2, -0.15) is 0 Å². The number of hydrogen-bond acceptors (Lipinski definition) is 3. The van der Waals surface area contributed by atoms with Gasteiger partial charge in [0.15, 0.2) is 0 Å². The summed E-state index contributed by atoms with van der Waals surface area (Å²) in [6, 6.07) is 24.6. The Bertz CT molecular complexity index is 1060. The van der Waals surface area contributed by atoms with Crippen molar-refractivity contribution in [3.63, 3.8) is 0 Å². The molecule has 0 saturated heterocycles. The SMILES string of the molecule is C[C@@H](NC(=O)c1ccc(Oc2ccccc2)cc1)c1ccc(-n2ccnc2)cc1. The van der Waals surface area contributed by atoms with E-state index in [1.54, 1.807) is 36.8 Å². The van der Waals surface area contributed by atoms with Gasteiger partial charge in [0.25, 0.3) is 5.91 Å². The van der Waals surface area contributed by atoms with Crippen LogP contribution in [0.2, 0.25) is 0 Å². The average molecular weight is 383 g/mol. The van der Waals surface area contributed by atoms with Crippen molar-refractivity contribution >= 4 is 5.91 Å². The minimum absolute atomic E-state index is 0.111. The zero-order valence-electron chi connectivity index (χ0n) is 16.0. The molecule has 0 fully saturated rings. The lowest BCUT2D eigenvalue weighted by Gasteiger charge is -2.15. The van der Waals surface area contributed by atoms with Gasteiger partial charge in [-0.05, 0) is 61.0 Å². The Labute approximate surface area is 169 Å². The van der Waals surface area contributed by atoms with Crippen LogP contribution in [0.5, 0.6) is 11.5 Å². The number of nitrogens with one attached hydrogen (secondary N) is 1. The van der Waals surface area contributed by atoms with Crippen molar-refractivity contribution in [3.05, 3.63) is 109 Å². The Morgan fingerprint density at radius 3 is 2.28 bits per heavy atom. The maximum Gasteiger partial charge on any atom is 0.251 e. The van der Waals surface area contributed by atoms with Crippen LogP contribution in [0.25, 0.3) is 5.69 Å². The second-order valence-electron chi connectivity index (χ2n) is 6.70. The summed E-state index contributed by atoms with van der Waals surface area (Å²) < 4.78 is 7.70. The van der Waals surface area contributed by atoms with Gasteiger partial charge >= 0.3 is 0 Å². The largest absolute Gasteiger partial charge is 0.457 e. The van der Waals surface area contributed by atoms with Gasteiger partial charge < -0.3 is 14.6 Å². The molecule has 1 aromatic heterocycles. The molecule has 3 aromatic carbocycles. The molecule has 0 bridgehead atoms. The van der Waals surface area contributed by atoms with Gasteiger partial charge in [-0.3, -0.25) is 4.79 Å². The van der Waals surface area contributed by atoms with Crippen LogP contribution in [0.1, 0.15) is 28.9 Å². The molecule has 0 radical (unpaired) electrons. The molecule has 144 valence electrons. The molecular formula is C24H21N3O2. The maximum absolute atomic E-state index is 12.6. The van der Waals surface area contributed by atoms with Gasteiger partial charge in [-0.25, -0.2) is 4.98 Å². The summed E-state index contributed by atoms with van der Waals surface area (Å²) in [5.74, 6) is 1.33. The van der Waals surface area contributed by atoms with E-state index in [-0.39, 0.29) is 11.9 Å². The second kappa shape index (κ2) is 8.44. The maximum atomic E-state index is 12.6. The fraction of sp³-hybridized carbons (Fsp3) is 0.0833. The minimum Gasteiger partial charge on any atom is -0.457 e. The summed E-state index contributed by atoms with van der Waals surface area (Å²) in [6.07, 6.45) is 5.39. The summed E-state index contributed by atoms with van der Waals surface area (Å²) in [4.78, 5) is 16.6. The van der Waals surface area contributed by atoms with Gasteiger partial charge in [0.05, 0.1) is 12.4 Å². The summed E-state index contributed by atoms with van der Waals surface area (Å²) in [5.41, 5.74) is 2.65. The number of ether oxygens (including phenoxy) is 1. The van der Waals surface area contributed by atoms with E-state index >= 15 is 0 Å². The molecule has 4 aromatic rings. The van der Waals surface area contributed by atoms with Gasteiger partial charge in [-0.15, -0.1) is 0 Å². The standard InChI is InChI=1S/C24H21N3O2/c1-18(19-7-11-21(12-8-19)27-16-15-25-17-27)26-24(28)20-9-13-23(14-10-20)29-22-5-3-2-4-6-22/h2-18H,1H3,(H,26,28)/t18-/m1/s1. The van der Waals surface area contributed by atoms with Crippen LogP contribution in [0, 0.1) is 0 Å². The highest BCUT2D eigenvalue weighted by Crippen LogP contribution is 2.22. The molecule has 29 heavy (non-hydrogen) atoms. The third-order valence-electron chi connectivity index (χ3n) is 4.64. The van der Waals surface area contributed by atoms with Crippen molar-refractivity contribution in [3.8, 4) is 17.2 Å². The van der Waals surface area contributed by atoms with Crippen LogP contribution in [-0.4, -0.2) is 15.5 Å². The minimum atomic E-state index is -0.123. The molecule has 5 nitrogen and oxygen atoms in total. The first kappa shape index (κ1) is 18.5. The van der Waals surface area contributed by atoms with Gasteiger partial charge in [0.1, 0.15) is 11.5 Å². The zero-order valence-corrected chi connectivity index (χ0v) is 16.0. The number of amides is 1. The lowest BCUT2D eigenvalue weighted by molar-refractivity contribution is 0.0940. The summed E-state index contributed by atoms with van der Waals surface area (Å²) in [5, 5.41) is 3.04. The number of nitrogens with zero attached hydrogens (tertiary/aromatic N) is 2. The van der Waals surface area contributed by atoms with E-state index in [4.69, 9.17) is 4.74 Å². The summed E-state index contributed by atoms with van der Waals surface area (Å²) >= 11 is 0. The van der Waals surface area contributed by atoms with Crippen molar-refractivity contribution in [1.29, 1.82) is 0 Å². The first-order valence-corrected chi connectivity index (χ1v) is 9.41. The number of aromatic nitrogens is 2. The van der Waals surface area contributed by atoms with E-state index in [9.17, 15) is 4.79 Å². The molecule has 0 saturated carbocycles. The van der Waals surface area contributed by atoms with E-state index in [1.807, 2.05) is 72.3 Å². The quantitative estimate of drug-likeness (QED) is 0.501. The third kappa shape index (κ3) is 4.52. The number of carbonyl (C=O) groups excluding carboxylic acids is 1. The van der Waals surface area contributed by atoms with Crippen LogP contribution in [0.4, 0.5) is 0 Å². The molecular weight excluding hydrogens is 362 g/mol. The van der Waals surface area contributed by atoms with Crippen molar-refractivity contribution in [2.24, 2.45) is 0 Å². The van der Waals surface area contributed by atoms with Crippen molar-refractivity contribution in [2.45, 2.75) is 13.0 Å². The number of para-hydroxylation sites is 1. The van der Waals surface area contributed by atoms with Crippen molar-refractivity contribution in [1.82, 2.24) is 14.9 Å². The first-order valence-electron chi connectivity index (χ1n) is 9.41. The fourth-order valence-corrected chi connectivity index (χ4v) is 3.01. The van der Waals surface area contributed by atoms with E-state index in [0.717, 1.165) is 17.0 Å². The fourth-order valence-electron chi connectivity index (χ4n) is 3.01. The number of hydrogen-bond donors (Lipinski definition) is 1. The third-order valence-corrected chi connectivity index (χ3v) is 4.64. The number of benzene rings is 3. The monoisotopic (exact) mass is 383 g/mol. The van der Waals surface area contributed by atoms with Crippen molar-refractivity contribution < 1.29 is 9.53 Å².